The second-order valence-electron chi connectivity index (χ2n) is 7.24. The number of nitrogens with zero attached hydrogens (tertiary/aromatic N) is 1. The van der Waals surface area contributed by atoms with E-state index in [9.17, 15) is 13.2 Å². The number of rotatable bonds is 6. The van der Waals surface area contributed by atoms with Crippen molar-refractivity contribution in [1.29, 1.82) is 0 Å². The van der Waals surface area contributed by atoms with Crippen molar-refractivity contribution >= 4 is 33.2 Å². The lowest BCUT2D eigenvalue weighted by atomic mass is 10.0. The summed E-state index contributed by atoms with van der Waals surface area (Å²) in [5, 5.41) is 3.36. The van der Waals surface area contributed by atoms with Gasteiger partial charge in [0.15, 0.2) is 0 Å². The van der Waals surface area contributed by atoms with E-state index in [4.69, 9.17) is 11.6 Å². The first kappa shape index (κ1) is 22.2. The van der Waals surface area contributed by atoms with Gasteiger partial charge >= 0.3 is 0 Å². The predicted octanol–water partition coefficient (Wildman–Crippen LogP) is 4.30. The Morgan fingerprint density at radius 3 is 2.14 bits per heavy atom. The van der Waals surface area contributed by atoms with Crippen molar-refractivity contribution < 1.29 is 13.2 Å². The zero-order chi connectivity index (χ0) is 21.2. The van der Waals surface area contributed by atoms with E-state index >= 15 is 0 Å². The fourth-order valence-corrected chi connectivity index (χ4v) is 4.32. The molecule has 0 aliphatic carbocycles. The zero-order valence-corrected chi connectivity index (χ0v) is 18.6. The van der Waals surface area contributed by atoms with Gasteiger partial charge in [-0.25, -0.2) is 8.42 Å². The van der Waals surface area contributed by atoms with Crippen LogP contribution in [-0.4, -0.2) is 26.6 Å². The number of carbonyl (C=O) groups excluding carboxylic acids is 1. The summed E-state index contributed by atoms with van der Waals surface area (Å²) in [4.78, 5) is 12.8. The molecular formula is C21H27ClN2O3S. The Morgan fingerprint density at radius 1 is 1.00 bits per heavy atom. The molecule has 1 amide bonds. The van der Waals surface area contributed by atoms with Crippen LogP contribution in [0.4, 0.5) is 5.69 Å². The van der Waals surface area contributed by atoms with Crippen LogP contribution in [0.2, 0.25) is 5.02 Å². The van der Waals surface area contributed by atoms with Gasteiger partial charge in [0.25, 0.3) is 0 Å². The van der Waals surface area contributed by atoms with Crippen molar-refractivity contribution in [2.24, 2.45) is 0 Å². The SMILES string of the molecule is Cc1ccc(C(C)NC(=O)C(C)N(c2ccc(C)c(Cl)c2)S(C)(=O)=O)cc1C. The number of nitrogens with one attached hydrogen (secondary N) is 1. The first-order chi connectivity index (χ1) is 12.9. The van der Waals surface area contributed by atoms with Gasteiger partial charge in [-0.2, -0.15) is 0 Å². The van der Waals surface area contributed by atoms with E-state index in [1.54, 1.807) is 25.1 Å². The number of carbonyl (C=O) groups is 1. The second kappa shape index (κ2) is 8.53. The van der Waals surface area contributed by atoms with Gasteiger partial charge in [0.05, 0.1) is 18.0 Å². The molecule has 2 rings (SSSR count). The quantitative estimate of drug-likeness (QED) is 0.754. The van der Waals surface area contributed by atoms with Crippen LogP contribution < -0.4 is 9.62 Å². The molecule has 2 atom stereocenters. The van der Waals surface area contributed by atoms with E-state index in [-0.39, 0.29) is 11.9 Å². The highest BCUT2D eigenvalue weighted by Crippen LogP contribution is 2.27. The van der Waals surface area contributed by atoms with Crippen LogP contribution >= 0.6 is 11.6 Å². The van der Waals surface area contributed by atoms with Crippen LogP contribution in [0.1, 0.15) is 42.1 Å². The summed E-state index contributed by atoms with van der Waals surface area (Å²) in [6.45, 7) is 9.32. The topological polar surface area (TPSA) is 66.5 Å². The van der Waals surface area contributed by atoms with Crippen LogP contribution in [0, 0.1) is 20.8 Å². The molecule has 152 valence electrons. The summed E-state index contributed by atoms with van der Waals surface area (Å²) < 4.78 is 25.9. The van der Waals surface area contributed by atoms with Gasteiger partial charge in [-0.05, 0) is 69.0 Å². The molecule has 0 aliphatic heterocycles. The van der Waals surface area contributed by atoms with Gasteiger partial charge in [0.2, 0.25) is 15.9 Å². The molecule has 28 heavy (non-hydrogen) atoms. The van der Waals surface area contributed by atoms with E-state index in [2.05, 4.69) is 5.32 Å². The third-order valence-corrected chi connectivity index (χ3v) is 6.54. The first-order valence-electron chi connectivity index (χ1n) is 9.05. The lowest BCUT2D eigenvalue weighted by Crippen LogP contribution is -2.48. The van der Waals surface area contributed by atoms with Crippen LogP contribution in [0.3, 0.4) is 0 Å². The van der Waals surface area contributed by atoms with Crippen LogP contribution in [-0.2, 0) is 14.8 Å². The number of amides is 1. The van der Waals surface area contributed by atoms with Gasteiger partial charge in [0.1, 0.15) is 6.04 Å². The Labute approximate surface area is 172 Å². The molecule has 1 N–H and O–H groups in total. The lowest BCUT2D eigenvalue weighted by molar-refractivity contribution is -0.122. The van der Waals surface area contributed by atoms with Crippen molar-refractivity contribution in [3.63, 3.8) is 0 Å². The summed E-state index contributed by atoms with van der Waals surface area (Å²) >= 11 is 6.16. The van der Waals surface area contributed by atoms with Crippen LogP contribution in [0.15, 0.2) is 36.4 Å². The first-order valence-corrected chi connectivity index (χ1v) is 11.3. The number of hydrogen-bond donors (Lipinski definition) is 1. The van der Waals surface area contributed by atoms with Gasteiger partial charge in [0, 0.05) is 5.02 Å². The van der Waals surface area contributed by atoms with Gasteiger partial charge in [-0.3, -0.25) is 9.10 Å². The number of aryl methyl sites for hydroxylation is 3. The van der Waals surface area contributed by atoms with Crippen LogP contribution in [0.25, 0.3) is 0 Å². The van der Waals surface area contributed by atoms with E-state index in [1.807, 2.05) is 45.9 Å². The Balaban J connectivity index is 2.28. The largest absolute Gasteiger partial charge is 0.348 e. The third kappa shape index (κ3) is 5.06. The standard InChI is InChI=1S/C21H27ClN2O3S/c1-13-7-9-18(11-15(13)3)16(4)23-21(25)17(5)24(28(6,26)27)19-10-8-14(2)20(22)12-19/h7-12,16-17H,1-6H3,(H,23,25). The van der Waals surface area contributed by atoms with E-state index in [1.165, 1.54) is 5.56 Å². The second-order valence-corrected chi connectivity index (χ2v) is 9.51. The van der Waals surface area contributed by atoms with Gasteiger partial charge in [-0.1, -0.05) is 35.9 Å². The molecule has 0 heterocycles. The van der Waals surface area contributed by atoms with E-state index in [0.717, 1.165) is 27.3 Å². The average Bonchev–Trinajstić information content (AvgIpc) is 2.59. The molecule has 2 unspecified atom stereocenters. The molecule has 0 aromatic heterocycles. The smallest absolute Gasteiger partial charge is 0.244 e. The monoisotopic (exact) mass is 422 g/mol. The average molecular weight is 423 g/mol. The molecule has 0 saturated heterocycles. The number of benzene rings is 2. The molecule has 7 heteroatoms. The summed E-state index contributed by atoms with van der Waals surface area (Å²) in [5.74, 6) is -0.382. The molecule has 0 bridgehead atoms. The Kier molecular flexibility index (Phi) is 6.78. The highest BCUT2D eigenvalue weighted by Gasteiger charge is 2.30. The third-order valence-electron chi connectivity index (χ3n) is 4.89. The van der Waals surface area contributed by atoms with Crippen molar-refractivity contribution in [1.82, 2.24) is 5.32 Å². The molecule has 0 radical (unpaired) electrons. The number of anilines is 1. The van der Waals surface area contributed by atoms with E-state index < -0.39 is 16.1 Å². The lowest BCUT2D eigenvalue weighted by Gasteiger charge is -2.29. The summed E-state index contributed by atoms with van der Waals surface area (Å²) in [5.41, 5.74) is 4.47. The molecule has 0 spiro atoms. The minimum Gasteiger partial charge on any atom is -0.348 e. The molecule has 2 aromatic rings. The summed E-state index contributed by atoms with van der Waals surface area (Å²) in [6, 6.07) is 9.77. The maximum Gasteiger partial charge on any atom is 0.244 e. The highest BCUT2D eigenvalue weighted by atomic mass is 35.5. The predicted molar refractivity (Wildman–Crippen MR) is 115 cm³/mol. The van der Waals surface area contributed by atoms with Crippen molar-refractivity contribution in [2.75, 3.05) is 10.6 Å². The van der Waals surface area contributed by atoms with E-state index in [0.29, 0.717) is 10.7 Å². The molecule has 0 saturated carbocycles. The fraction of sp³-hybridized carbons (Fsp3) is 0.381. The number of sulfonamides is 1. The normalized spacial score (nSPS) is 13.7. The Hall–Kier alpha value is -2.05. The molecule has 0 fully saturated rings. The maximum atomic E-state index is 12.8. The summed E-state index contributed by atoms with van der Waals surface area (Å²) in [7, 11) is -3.69. The fourth-order valence-electron chi connectivity index (χ4n) is 2.98. The Morgan fingerprint density at radius 2 is 1.61 bits per heavy atom. The minimum atomic E-state index is -3.69. The maximum absolute atomic E-state index is 12.8. The van der Waals surface area contributed by atoms with Crippen molar-refractivity contribution in [2.45, 2.75) is 46.7 Å². The molecule has 2 aromatic carbocycles. The number of hydrogen-bond acceptors (Lipinski definition) is 3. The molecule has 0 aliphatic rings. The zero-order valence-electron chi connectivity index (χ0n) is 17.1. The number of halogens is 1. The van der Waals surface area contributed by atoms with Crippen molar-refractivity contribution in [3.05, 3.63) is 63.7 Å². The van der Waals surface area contributed by atoms with Gasteiger partial charge < -0.3 is 5.32 Å². The highest BCUT2D eigenvalue weighted by molar-refractivity contribution is 7.92. The van der Waals surface area contributed by atoms with Crippen molar-refractivity contribution in [3.8, 4) is 0 Å². The summed E-state index contributed by atoms with van der Waals surface area (Å²) in [6.07, 6.45) is 1.08. The van der Waals surface area contributed by atoms with Gasteiger partial charge in [-0.15, -0.1) is 0 Å². The molecule has 5 nitrogen and oxygen atoms in total. The van der Waals surface area contributed by atoms with Crippen LogP contribution in [0.5, 0.6) is 0 Å². The Bertz CT molecular complexity index is 989. The molecular weight excluding hydrogens is 396 g/mol. The minimum absolute atomic E-state index is 0.253.